The third kappa shape index (κ3) is 1.41. The van der Waals surface area contributed by atoms with Crippen LogP contribution in [0.3, 0.4) is 0 Å². The highest BCUT2D eigenvalue weighted by atomic mass is 79.9. The fourth-order valence-corrected chi connectivity index (χ4v) is 1.28. The van der Waals surface area contributed by atoms with Gasteiger partial charge < -0.3 is 4.74 Å². The van der Waals surface area contributed by atoms with Gasteiger partial charge in [-0.3, -0.25) is 4.98 Å². The Hall–Kier alpha value is -0.480. The first-order valence-electron chi connectivity index (χ1n) is 3.41. The molecule has 2 rings (SSSR count). The normalized spacial score (nSPS) is 17.9. The van der Waals surface area contributed by atoms with E-state index in [0.29, 0.717) is 5.92 Å². The summed E-state index contributed by atoms with van der Waals surface area (Å²) in [6, 6.07) is 0. The van der Waals surface area contributed by atoms with Gasteiger partial charge in [-0.1, -0.05) is 0 Å². The summed E-state index contributed by atoms with van der Waals surface area (Å²) in [6.45, 7) is 1.57. The lowest BCUT2D eigenvalue weighted by molar-refractivity contribution is 0.00650. The minimum absolute atomic E-state index is 0.458. The molecule has 0 atom stereocenters. The van der Waals surface area contributed by atoms with Crippen molar-refractivity contribution in [2.75, 3.05) is 13.2 Å². The molecule has 0 aliphatic carbocycles. The Morgan fingerprint density at radius 2 is 2.27 bits per heavy atom. The maximum atomic E-state index is 5.05. The third-order valence-corrected chi connectivity index (χ3v) is 2.06. The van der Waals surface area contributed by atoms with Crippen molar-refractivity contribution in [2.45, 2.75) is 5.92 Å². The predicted molar refractivity (Wildman–Crippen MR) is 43.3 cm³/mol. The van der Waals surface area contributed by atoms with Crippen LogP contribution in [0.4, 0.5) is 0 Å². The lowest BCUT2D eigenvalue weighted by Crippen LogP contribution is -2.26. The molecule has 0 radical (unpaired) electrons. The van der Waals surface area contributed by atoms with E-state index in [1.165, 1.54) is 0 Å². The molecule has 1 aromatic rings. The number of hydrogen-bond donors (Lipinski definition) is 0. The SMILES string of the molecule is Brc1cncc(C2COC2)n1. The average Bonchev–Trinajstić information content (AvgIpc) is 1.83. The van der Waals surface area contributed by atoms with Crippen LogP contribution in [0.25, 0.3) is 0 Å². The van der Waals surface area contributed by atoms with Crippen molar-refractivity contribution in [3.63, 3.8) is 0 Å². The fourth-order valence-electron chi connectivity index (χ4n) is 0.959. The predicted octanol–water partition coefficient (Wildman–Crippen LogP) is 1.35. The molecule has 1 aliphatic rings. The molecule has 11 heavy (non-hydrogen) atoms. The summed E-state index contributed by atoms with van der Waals surface area (Å²) in [5.74, 6) is 0.458. The van der Waals surface area contributed by atoms with E-state index in [2.05, 4.69) is 25.9 Å². The van der Waals surface area contributed by atoms with Crippen LogP contribution in [0.5, 0.6) is 0 Å². The molecule has 1 aromatic heterocycles. The lowest BCUT2D eigenvalue weighted by atomic mass is 10.1. The van der Waals surface area contributed by atoms with Crippen LogP contribution < -0.4 is 0 Å². The summed E-state index contributed by atoms with van der Waals surface area (Å²) in [5, 5.41) is 0. The van der Waals surface area contributed by atoms with Crippen molar-refractivity contribution in [3.8, 4) is 0 Å². The van der Waals surface area contributed by atoms with Crippen LogP contribution >= 0.6 is 15.9 Å². The van der Waals surface area contributed by atoms with Gasteiger partial charge in [0.25, 0.3) is 0 Å². The highest BCUT2D eigenvalue weighted by Crippen LogP contribution is 2.22. The van der Waals surface area contributed by atoms with Gasteiger partial charge in [0, 0.05) is 12.1 Å². The maximum absolute atomic E-state index is 5.05. The van der Waals surface area contributed by atoms with E-state index in [9.17, 15) is 0 Å². The Kier molecular flexibility index (Phi) is 1.87. The van der Waals surface area contributed by atoms with Crippen LogP contribution in [0, 0.1) is 0 Å². The number of rotatable bonds is 1. The Balaban J connectivity index is 2.23. The van der Waals surface area contributed by atoms with Crippen molar-refractivity contribution in [2.24, 2.45) is 0 Å². The monoisotopic (exact) mass is 214 g/mol. The summed E-state index contributed by atoms with van der Waals surface area (Å²) in [7, 11) is 0. The standard InChI is InChI=1S/C7H7BrN2O/c8-7-2-9-1-6(10-7)5-3-11-4-5/h1-2,5H,3-4H2. The Morgan fingerprint density at radius 3 is 2.82 bits per heavy atom. The van der Waals surface area contributed by atoms with Gasteiger partial charge in [-0.15, -0.1) is 0 Å². The highest BCUT2D eigenvalue weighted by Gasteiger charge is 2.21. The van der Waals surface area contributed by atoms with Crippen molar-refractivity contribution in [1.82, 2.24) is 9.97 Å². The summed E-state index contributed by atoms with van der Waals surface area (Å²) in [4.78, 5) is 8.29. The zero-order chi connectivity index (χ0) is 7.68. The van der Waals surface area contributed by atoms with E-state index in [-0.39, 0.29) is 0 Å². The second-order valence-electron chi connectivity index (χ2n) is 2.50. The third-order valence-electron chi connectivity index (χ3n) is 1.68. The van der Waals surface area contributed by atoms with Crippen molar-refractivity contribution >= 4 is 15.9 Å². The first-order chi connectivity index (χ1) is 5.36. The van der Waals surface area contributed by atoms with Crippen molar-refractivity contribution in [3.05, 3.63) is 22.7 Å². The van der Waals surface area contributed by atoms with Gasteiger partial charge in [-0.2, -0.15) is 0 Å². The molecule has 1 fully saturated rings. The number of halogens is 1. The smallest absolute Gasteiger partial charge is 0.124 e. The van der Waals surface area contributed by atoms with Gasteiger partial charge >= 0.3 is 0 Å². The molecule has 0 spiro atoms. The summed E-state index contributed by atoms with van der Waals surface area (Å²) in [5.41, 5.74) is 1.02. The summed E-state index contributed by atoms with van der Waals surface area (Å²) < 4.78 is 5.84. The molecule has 0 bridgehead atoms. The Bertz CT molecular complexity index is 262. The quantitative estimate of drug-likeness (QED) is 0.709. The summed E-state index contributed by atoms with van der Waals surface area (Å²) in [6.07, 6.45) is 3.47. The fraction of sp³-hybridized carbons (Fsp3) is 0.429. The minimum Gasteiger partial charge on any atom is -0.380 e. The van der Waals surface area contributed by atoms with Gasteiger partial charge in [0.1, 0.15) is 4.60 Å². The van der Waals surface area contributed by atoms with E-state index >= 15 is 0 Å². The van der Waals surface area contributed by atoms with Gasteiger partial charge in [-0.25, -0.2) is 4.98 Å². The molecule has 58 valence electrons. The van der Waals surface area contributed by atoms with Crippen molar-refractivity contribution < 1.29 is 4.74 Å². The molecular formula is C7H7BrN2O. The zero-order valence-electron chi connectivity index (χ0n) is 5.83. The van der Waals surface area contributed by atoms with E-state index < -0.39 is 0 Å². The molecule has 3 nitrogen and oxygen atoms in total. The largest absolute Gasteiger partial charge is 0.380 e. The molecular weight excluding hydrogens is 208 g/mol. The van der Waals surface area contributed by atoms with E-state index in [4.69, 9.17) is 4.74 Å². The van der Waals surface area contributed by atoms with Gasteiger partial charge in [-0.05, 0) is 15.9 Å². The zero-order valence-corrected chi connectivity index (χ0v) is 7.41. The molecule has 1 aliphatic heterocycles. The molecule has 4 heteroatoms. The van der Waals surface area contributed by atoms with E-state index in [1.54, 1.807) is 12.4 Å². The molecule has 0 N–H and O–H groups in total. The average molecular weight is 215 g/mol. The van der Waals surface area contributed by atoms with Gasteiger partial charge in [0.15, 0.2) is 0 Å². The number of ether oxygens (including phenoxy) is 1. The van der Waals surface area contributed by atoms with Gasteiger partial charge in [0.05, 0.1) is 25.1 Å². The van der Waals surface area contributed by atoms with Crippen LogP contribution in [0.15, 0.2) is 17.0 Å². The Morgan fingerprint density at radius 1 is 1.45 bits per heavy atom. The van der Waals surface area contributed by atoms with E-state index in [0.717, 1.165) is 23.5 Å². The number of nitrogens with zero attached hydrogens (tertiary/aromatic N) is 2. The molecule has 0 aromatic carbocycles. The maximum Gasteiger partial charge on any atom is 0.124 e. The highest BCUT2D eigenvalue weighted by molar-refractivity contribution is 9.10. The minimum atomic E-state index is 0.458. The molecule has 0 unspecified atom stereocenters. The van der Waals surface area contributed by atoms with Crippen molar-refractivity contribution in [1.29, 1.82) is 0 Å². The molecule has 1 saturated heterocycles. The molecule has 0 amide bonds. The first-order valence-corrected chi connectivity index (χ1v) is 4.21. The van der Waals surface area contributed by atoms with Crippen LogP contribution in [0.2, 0.25) is 0 Å². The second kappa shape index (κ2) is 2.87. The van der Waals surface area contributed by atoms with Crippen LogP contribution in [0.1, 0.15) is 11.6 Å². The van der Waals surface area contributed by atoms with Crippen LogP contribution in [-0.2, 0) is 4.74 Å². The Labute approximate surface area is 72.9 Å². The number of hydrogen-bond acceptors (Lipinski definition) is 3. The topological polar surface area (TPSA) is 35.0 Å². The summed E-state index contributed by atoms with van der Waals surface area (Å²) >= 11 is 3.27. The van der Waals surface area contributed by atoms with E-state index in [1.807, 2.05) is 0 Å². The molecule has 2 heterocycles. The van der Waals surface area contributed by atoms with Gasteiger partial charge in [0.2, 0.25) is 0 Å². The lowest BCUT2D eigenvalue weighted by Gasteiger charge is -2.24. The van der Waals surface area contributed by atoms with Crippen LogP contribution in [-0.4, -0.2) is 23.2 Å². The molecule has 0 saturated carbocycles. The first kappa shape index (κ1) is 7.18. The second-order valence-corrected chi connectivity index (χ2v) is 3.31. The number of aromatic nitrogens is 2.